The standard InChI is InChI=1S/C13H16O/c1-4-11(2)5-6-12-7-9-13(14-3)10-8-12/h6-10H,4H2,1-3H3. The molecule has 1 heteroatoms. The van der Waals surface area contributed by atoms with Crippen molar-refractivity contribution >= 4 is 6.08 Å². The molecule has 0 atom stereocenters. The van der Waals surface area contributed by atoms with Crippen molar-refractivity contribution < 1.29 is 4.74 Å². The number of rotatable bonds is 3. The third kappa shape index (κ3) is 3.12. The summed E-state index contributed by atoms with van der Waals surface area (Å²) < 4.78 is 5.08. The van der Waals surface area contributed by atoms with E-state index in [-0.39, 0.29) is 0 Å². The second-order valence-electron chi connectivity index (χ2n) is 3.20. The molecule has 0 fully saturated rings. The van der Waals surface area contributed by atoms with Crippen LogP contribution in [0.3, 0.4) is 0 Å². The van der Waals surface area contributed by atoms with E-state index in [1.165, 1.54) is 5.57 Å². The summed E-state index contributed by atoms with van der Waals surface area (Å²) in [6, 6.07) is 7.95. The molecule has 0 N–H and O–H groups in total. The van der Waals surface area contributed by atoms with E-state index in [4.69, 9.17) is 4.74 Å². The Balaban J connectivity index is 2.83. The van der Waals surface area contributed by atoms with Gasteiger partial charge in [-0.1, -0.05) is 19.1 Å². The molecule has 14 heavy (non-hydrogen) atoms. The van der Waals surface area contributed by atoms with Crippen LogP contribution in [0.4, 0.5) is 0 Å². The molecule has 0 aliphatic carbocycles. The SMILES string of the molecule is CCC(C)=C=Cc1ccc(OC)cc1. The zero-order chi connectivity index (χ0) is 10.4. The first-order valence-electron chi connectivity index (χ1n) is 4.82. The summed E-state index contributed by atoms with van der Waals surface area (Å²) in [7, 11) is 1.67. The minimum Gasteiger partial charge on any atom is -0.497 e. The topological polar surface area (TPSA) is 9.23 Å². The predicted molar refractivity (Wildman–Crippen MR) is 60.4 cm³/mol. The van der Waals surface area contributed by atoms with Gasteiger partial charge in [-0.05, 0) is 42.7 Å². The maximum Gasteiger partial charge on any atom is 0.118 e. The van der Waals surface area contributed by atoms with Crippen molar-refractivity contribution in [3.63, 3.8) is 0 Å². The Morgan fingerprint density at radius 2 is 2.00 bits per heavy atom. The highest BCUT2D eigenvalue weighted by molar-refractivity contribution is 5.50. The number of hydrogen-bond acceptors (Lipinski definition) is 1. The maximum atomic E-state index is 5.08. The van der Waals surface area contributed by atoms with Gasteiger partial charge in [0.05, 0.1) is 7.11 Å². The molecule has 74 valence electrons. The molecule has 0 aliphatic heterocycles. The molecule has 1 aromatic rings. The van der Waals surface area contributed by atoms with Crippen LogP contribution in [0, 0.1) is 0 Å². The van der Waals surface area contributed by atoms with Crippen LogP contribution in [0.15, 0.2) is 35.6 Å². The Kier molecular flexibility index (Phi) is 4.03. The quantitative estimate of drug-likeness (QED) is 0.658. The van der Waals surface area contributed by atoms with Crippen LogP contribution >= 0.6 is 0 Å². The number of allylic oxidation sites excluding steroid dienone is 1. The van der Waals surface area contributed by atoms with Crippen LogP contribution in [-0.2, 0) is 0 Å². The van der Waals surface area contributed by atoms with Gasteiger partial charge in [-0.3, -0.25) is 0 Å². The van der Waals surface area contributed by atoms with Gasteiger partial charge < -0.3 is 4.74 Å². The van der Waals surface area contributed by atoms with Crippen LogP contribution in [0.2, 0.25) is 0 Å². The Hall–Kier alpha value is -1.46. The molecule has 0 heterocycles. The van der Waals surface area contributed by atoms with Gasteiger partial charge in [-0.2, -0.15) is 0 Å². The maximum absolute atomic E-state index is 5.08. The van der Waals surface area contributed by atoms with Gasteiger partial charge in [0.2, 0.25) is 0 Å². The molecule has 1 rings (SSSR count). The average Bonchev–Trinajstić information content (AvgIpc) is 2.26. The van der Waals surface area contributed by atoms with Gasteiger partial charge in [0, 0.05) is 0 Å². The van der Waals surface area contributed by atoms with E-state index < -0.39 is 0 Å². The van der Waals surface area contributed by atoms with Gasteiger partial charge in [0.1, 0.15) is 5.75 Å². The van der Waals surface area contributed by atoms with Crippen LogP contribution in [0.1, 0.15) is 25.8 Å². The van der Waals surface area contributed by atoms with E-state index in [1.54, 1.807) is 7.11 Å². The molecule has 0 unspecified atom stereocenters. The molecule has 0 spiro atoms. The summed E-state index contributed by atoms with van der Waals surface area (Å²) in [6.07, 6.45) is 3.05. The van der Waals surface area contributed by atoms with E-state index in [9.17, 15) is 0 Å². The Morgan fingerprint density at radius 3 is 2.50 bits per heavy atom. The second kappa shape index (κ2) is 5.31. The van der Waals surface area contributed by atoms with Crippen molar-refractivity contribution in [2.24, 2.45) is 0 Å². The van der Waals surface area contributed by atoms with Crippen LogP contribution in [0.5, 0.6) is 5.75 Å². The fraction of sp³-hybridized carbons (Fsp3) is 0.308. The smallest absolute Gasteiger partial charge is 0.118 e. The molecule has 0 aromatic heterocycles. The van der Waals surface area contributed by atoms with Gasteiger partial charge in [-0.15, -0.1) is 5.73 Å². The van der Waals surface area contributed by atoms with Crippen molar-refractivity contribution in [2.75, 3.05) is 7.11 Å². The summed E-state index contributed by atoms with van der Waals surface area (Å²) in [5.41, 5.74) is 5.65. The first-order chi connectivity index (χ1) is 6.76. The summed E-state index contributed by atoms with van der Waals surface area (Å²) in [4.78, 5) is 0. The summed E-state index contributed by atoms with van der Waals surface area (Å²) in [5, 5.41) is 0. The molecule has 0 saturated heterocycles. The van der Waals surface area contributed by atoms with Gasteiger partial charge >= 0.3 is 0 Å². The van der Waals surface area contributed by atoms with Crippen LogP contribution in [0.25, 0.3) is 6.08 Å². The minimum absolute atomic E-state index is 0.887. The van der Waals surface area contributed by atoms with E-state index in [0.717, 1.165) is 17.7 Å². The highest BCUT2D eigenvalue weighted by atomic mass is 16.5. The van der Waals surface area contributed by atoms with E-state index in [2.05, 4.69) is 19.6 Å². The molecular weight excluding hydrogens is 172 g/mol. The lowest BCUT2D eigenvalue weighted by atomic mass is 10.2. The Labute approximate surface area is 85.7 Å². The third-order valence-electron chi connectivity index (χ3n) is 2.13. The summed E-state index contributed by atoms with van der Waals surface area (Å²) in [5.74, 6) is 0.887. The number of ether oxygens (including phenoxy) is 1. The molecule has 1 aromatic carbocycles. The lowest BCUT2D eigenvalue weighted by Gasteiger charge is -1.98. The van der Waals surface area contributed by atoms with Gasteiger partial charge in [-0.25, -0.2) is 0 Å². The van der Waals surface area contributed by atoms with Crippen molar-refractivity contribution in [3.05, 3.63) is 41.1 Å². The summed E-state index contributed by atoms with van der Waals surface area (Å²) in [6.45, 7) is 4.21. The number of hydrogen-bond donors (Lipinski definition) is 0. The molecule has 0 saturated carbocycles. The second-order valence-corrected chi connectivity index (χ2v) is 3.20. The number of benzene rings is 1. The molecular formula is C13H16O. The first-order valence-corrected chi connectivity index (χ1v) is 4.82. The van der Waals surface area contributed by atoms with E-state index >= 15 is 0 Å². The molecule has 0 bridgehead atoms. The molecule has 1 nitrogen and oxygen atoms in total. The minimum atomic E-state index is 0.887. The molecule has 0 radical (unpaired) electrons. The van der Waals surface area contributed by atoms with Crippen LogP contribution in [-0.4, -0.2) is 7.11 Å². The molecule has 0 amide bonds. The largest absolute Gasteiger partial charge is 0.497 e. The van der Waals surface area contributed by atoms with E-state index in [0.29, 0.717) is 0 Å². The first kappa shape index (κ1) is 10.6. The predicted octanol–water partition coefficient (Wildman–Crippen LogP) is 3.66. The lowest BCUT2D eigenvalue weighted by Crippen LogP contribution is -1.81. The van der Waals surface area contributed by atoms with Crippen molar-refractivity contribution in [1.82, 2.24) is 0 Å². The zero-order valence-electron chi connectivity index (χ0n) is 9.00. The average molecular weight is 188 g/mol. The highest BCUT2D eigenvalue weighted by Gasteiger charge is 1.89. The van der Waals surface area contributed by atoms with Crippen molar-refractivity contribution in [1.29, 1.82) is 0 Å². The fourth-order valence-corrected chi connectivity index (χ4v) is 1.01. The summed E-state index contributed by atoms with van der Waals surface area (Å²) >= 11 is 0. The van der Waals surface area contributed by atoms with E-state index in [1.807, 2.05) is 30.3 Å². The van der Waals surface area contributed by atoms with Crippen LogP contribution < -0.4 is 4.74 Å². The highest BCUT2D eigenvalue weighted by Crippen LogP contribution is 2.12. The van der Waals surface area contributed by atoms with Crippen molar-refractivity contribution in [2.45, 2.75) is 20.3 Å². The fourth-order valence-electron chi connectivity index (χ4n) is 1.01. The number of methoxy groups -OCH3 is 1. The zero-order valence-corrected chi connectivity index (χ0v) is 9.00. The monoisotopic (exact) mass is 188 g/mol. The van der Waals surface area contributed by atoms with Gasteiger partial charge in [0.15, 0.2) is 0 Å². The van der Waals surface area contributed by atoms with Gasteiger partial charge in [0.25, 0.3) is 0 Å². The lowest BCUT2D eigenvalue weighted by molar-refractivity contribution is 0.415. The molecule has 0 aliphatic rings. The Bertz CT molecular complexity index is 340. The Morgan fingerprint density at radius 1 is 1.36 bits per heavy atom. The van der Waals surface area contributed by atoms with Crippen molar-refractivity contribution in [3.8, 4) is 5.75 Å². The normalized spacial score (nSPS) is 9.07. The third-order valence-corrected chi connectivity index (χ3v) is 2.13.